The van der Waals surface area contributed by atoms with Gasteiger partial charge in [-0.05, 0) is 31.0 Å². The number of nitrogens with zero attached hydrogens (tertiary/aromatic N) is 1. The molecule has 0 saturated carbocycles. The maximum atomic E-state index is 6.02. The normalized spacial score (nSPS) is 23.5. The third-order valence-corrected chi connectivity index (χ3v) is 3.52. The van der Waals surface area contributed by atoms with Gasteiger partial charge in [-0.1, -0.05) is 11.6 Å². The van der Waals surface area contributed by atoms with Gasteiger partial charge < -0.3 is 15.4 Å². The Balaban J connectivity index is 1.82. The van der Waals surface area contributed by atoms with Crippen molar-refractivity contribution < 1.29 is 4.74 Å². The van der Waals surface area contributed by atoms with Crippen LogP contribution in [0.1, 0.15) is 24.0 Å². The molecule has 17 heavy (non-hydrogen) atoms. The van der Waals surface area contributed by atoms with Gasteiger partial charge in [-0.15, -0.1) is 0 Å². The summed E-state index contributed by atoms with van der Waals surface area (Å²) in [4.78, 5) is 4.39. The maximum absolute atomic E-state index is 6.02. The zero-order chi connectivity index (χ0) is 11.7. The summed E-state index contributed by atoms with van der Waals surface area (Å²) < 4.78 is 5.45. The van der Waals surface area contributed by atoms with E-state index in [4.69, 9.17) is 16.3 Å². The van der Waals surface area contributed by atoms with Crippen LogP contribution in [0.25, 0.3) is 0 Å². The van der Waals surface area contributed by atoms with Gasteiger partial charge in [-0.2, -0.15) is 0 Å². The van der Waals surface area contributed by atoms with Crippen molar-refractivity contribution in [2.45, 2.75) is 32.1 Å². The van der Waals surface area contributed by atoms with Gasteiger partial charge in [0.05, 0.1) is 13.2 Å². The molecule has 4 nitrogen and oxygen atoms in total. The minimum absolute atomic E-state index is 0.444. The van der Waals surface area contributed by atoms with Crippen LogP contribution in [0.3, 0.4) is 0 Å². The van der Waals surface area contributed by atoms with Crippen LogP contribution in [0, 0.1) is 0 Å². The summed E-state index contributed by atoms with van der Waals surface area (Å²) in [5.74, 6) is 0.902. The van der Waals surface area contributed by atoms with E-state index in [0.717, 1.165) is 24.5 Å². The molecular formula is C12H16ClN3O. The molecule has 0 aliphatic carbocycles. The number of hydrogen-bond acceptors (Lipinski definition) is 4. The quantitative estimate of drug-likeness (QED) is 0.791. The Hall–Kier alpha value is -0.840. The predicted molar refractivity (Wildman–Crippen MR) is 67.3 cm³/mol. The molecule has 0 aromatic carbocycles. The molecular weight excluding hydrogens is 238 g/mol. The number of pyridine rings is 1. The number of rotatable bonds is 2. The zero-order valence-electron chi connectivity index (χ0n) is 9.63. The van der Waals surface area contributed by atoms with Crippen molar-refractivity contribution in [2.24, 2.45) is 0 Å². The topological polar surface area (TPSA) is 46.2 Å². The highest BCUT2D eigenvalue weighted by molar-refractivity contribution is 6.29. The van der Waals surface area contributed by atoms with Crippen molar-refractivity contribution in [1.29, 1.82) is 0 Å². The largest absolute Gasteiger partial charge is 0.372 e. The molecule has 1 atom stereocenters. The fourth-order valence-electron chi connectivity index (χ4n) is 2.43. The van der Waals surface area contributed by atoms with Gasteiger partial charge in [0.15, 0.2) is 0 Å². The summed E-state index contributed by atoms with van der Waals surface area (Å²) in [7, 11) is 0. The number of nitrogens with one attached hydrogen (secondary N) is 2. The average molecular weight is 254 g/mol. The number of fused-ring (bicyclic) bond motifs is 1. The van der Waals surface area contributed by atoms with Gasteiger partial charge in [-0.3, -0.25) is 0 Å². The molecule has 2 N–H and O–H groups in total. The monoisotopic (exact) mass is 253 g/mol. The van der Waals surface area contributed by atoms with Gasteiger partial charge in [0.25, 0.3) is 0 Å². The van der Waals surface area contributed by atoms with E-state index in [1.807, 2.05) is 6.07 Å². The van der Waals surface area contributed by atoms with Crippen LogP contribution >= 0.6 is 11.6 Å². The molecule has 0 radical (unpaired) electrons. The average Bonchev–Trinajstić information content (AvgIpc) is 2.78. The third kappa shape index (κ3) is 2.39. The lowest BCUT2D eigenvalue weighted by atomic mass is 10.1. The number of anilines is 1. The molecule has 1 unspecified atom stereocenters. The molecule has 2 aliphatic rings. The van der Waals surface area contributed by atoms with Crippen molar-refractivity contribution in [2.75, 3.05) is 18.4 Å². The Morgan fingerprint density at radius 3 is 3.24 bits per heavy atom. The van der Waals surface area contributed by atoms with Gasteiger partial charge >= 0.3 is 0 Å². The molecule has 3 rings (SSSR count). The molecule has 0 amide bonds. The summed E-state index contributed by atoms with van der Waals surface area (Å²) >= 11 is 6.02. The van der Waals surface area contributed by atoms with E-state index >= 15 is 0 Å². The van der Waals surface area contributed by atoms with Crippen molar-refractivity contribution in [3.63, 3.8) is 0 Å². The van der Waals surface area contributed by atoms with Crippen LogP contribution in [-0.4, -0.2) is 24.1 Å². The molecule has 1 aromatic rings. The molecule has 1 fully saturated rings. The highest BCUT2D eigenvalue weighted by Crippen LogP contribution is 2.29. The molecule has 92 valence electrons. The first-order valence-electron chi connectivity index (χ1n) is 6.06. The molecule has 3 heterocycles. The van der Waals surface area contributed by atoms with Crippen molar-refractivity contribution in [3.05, 3.63) is 22.3 Å². The molecule has 0 bridgehead atoms. The van der Waals surface area contributed by atoms with Crippen molar-refractivity contribution >= 4 is 17.4 Å². The zero-order valence-corrected chi connectivity index (χ0v) is 10.4. The Kier molecular flexibility index (Phi) is 3.18. The fourth-order valence-corrected chi connectivity index (χ4v) is 2.65. The second-order valence-corrected chi connectivity index (χ2v) is 5.00. The van der Waals surface area contributed by atoms with E-state index in [1.54, 1.807) is 0 Å². The third-order valence-electron chi connectivity index (χ3n) is 3.33. The minimum atomic E-state index is 0.444. The Morgan fingerprint density at radius 2 is 2.41 bits per heavy atom. The molecule has 2 aliphatic heterocycles. The summed E-state index contributed by atoms with van der Waals surface area (Å²) in [5.41, 5.74) is 2.33. The van der Waals surface area contributed by atoms with E-state index in [2.05, 4.69) is 15.6 Å². The lowest BCUT2D eigenvalue weighted by molar-refractivity contribution is 0.134. The van der Waals surface area contributed by atoms with E-state index in [-0.39, 0.29) is 0 Å². The number of hydrogen-bond donors (Lipinski definition) is 2. The molecule has 5 heteroatoms. The number of piperidine rings is 1. The number of ether oxygens (including phenoxy) is 1. The number of aromatic nitrogens is 1. The number of halogens is 1. The van der Waals surface area contributed by atoms with Gasteiger partial charge in [-0.25, -0.2) is 4.98 Å². The lowest BCUT2D eigenvalue weighted by Crippen LogP contribution is -2.38. The summed E-state index contributed by atoms with van der Waals surface area (Å²) in [6.07, 6.45) is 2.38. The fraction of sp³-hybridized carbons (Fsp3) is 0.583. The highest BCUT2D eigenvalue weighted by Gasteiger charge is 2.20. The predicted octanol–water partition coefficient (Wildman–Crippen LogP) is 1.93. The highest BCUT2D eigenvalue weighted by atomic mass is 35.5. The van der Waals surface area contributed by atoms with E-state index in [1.165, 1.54) is 18.4 Å². The smallest absolute Gasteiger partial charge is 0.133 e. The lowest BCUT2D eigenvalue weighted by Gasteiger charge is -2.25. The van der Waals surface area contributed by atoms with Crippen LogP contribution in [-0.2, 0) is 18.0 Å². The van der Waals surface area contributed by atoms with Gasteiger partial charge in [0, 0.05) is 18.2 Å². The van der Waals surface area contributed by atoms with Crippen LogP contribution in [0.2, 0.25) is 5.15 Å². The first kappa shape index (κ1) is 11.3. The van der Waals surface area contributed by atoms with Gasteiger partial charge in [0.2, 0.25) is 0 Å². The first-order chi connectivity index (χ1) is 8.33. The summed E-state index contributed by atoms with van der Waals surface area (Å²) in [6.45, 7) is 3.39. The minimum Gasteiger partial charge on any atom is -0.372 e. The second-order valence-electron chi connectivity index (χ2n) is 4.61. The molecule has 1 aromatic heterocycles. The van der Waals surface area contributed by atoms with E-state index < -0.39 is 0 Å². The van der Waals surface area contributed by atoms with Crippen LogP contribution in [0.15, 0.2) is 6.07 Å². The van der Waals surface area contributed by atoms with E-state index in [9.17, 15) is 0 Å². The second kappa shape index (κ2) is 4.80. The summed E-state index contributed by atoms with van der Waals surface area (Å²) in [5, 5.41) is 7.41. The van der Waals surface area contributed by atoms with Crippen LogP contribution in [0.5, 0.6) is 0 Å². The standard InChI is InChI=1S/C12H16ClN3O/c13-11-4-8-6-17-7-10(8)12(16-11)15-9-2-1-3-14-5-9/h4,9,14H,1-3,5-7H2,(H,15,16). The SMILES string of the molecule is Clc1cc2c(c(NC3CCCNC3)n1)COC2. The van der Waals surface area contributed by atoms with Gasteiger partial charge in [0.1, 0.15) is 11.0 Å². The van der Waals surface area contributed by atoms with Crippen LogP contribution in [0.4, 0.5) is 5.82 Å². The maximum Gasteiger partial charge on any atom is 0.133 e. The Labute approximate surface area is 106 Å². The molecule has 0 spiro atoms. The van der Waals surface area contributed by atoms with Crippen molar-refractivity contribution in [3.8, 4) is 0 Å². The Bertz CT molecular complexity index is 418. The van der Waals surface area contributed by atoms with Crippen molar-refractivity contribution in [1.82, 2.24) is 10.3 Å². The summed E-state index contributed by atoms with van der Waals surface area (Å²) in [6, 6.07) is 2.34. The Morgan fingerprint density at radius 1 is 1.47 bits per heavy atom. The van der Waals surface area contributed by atoms with Crippen LogP contribution < -0.4 is 10.6 Å². The first-order valence-corrected chi connectivity index (χ1v) is 6.44. The van der Waals surface area contributed by atoms with E-state index in [0.29, 0.717) is 24.4 Å². The molecule has 1 saturated heterocycles.